The third-order valence-electron chi connectivity index (χ3n) is 3.35. The number of hydrogen-bond acceptors (Lipinski definition) is 3. The molecule has 1 amide bonds. The number of hydrogen-bond donors (Lipinski definition) is 3. The van der Waals surface area contributed by atoms with Gasteiger partial charge in [-0.3, -0.25) is 4.79 Å². The summed E-state index contributed by atoms with van der Waals surface area (Å²) in [5.74, 6) is -0.166. The summed E-state index contributed by atoms with van der Waals surface area (Å²) < 4.78 is 5.72. The minimum atomic E-state index is -0.166. The van der Waals surface area contributed by atoms with Crippen LogP contribution in [0.5, 0.6) is 0 Å². The smallest absolute Gasteiger partial charge is 0.267 e. The number of carbonyl (C=O) groups is 1. The number of carbonyl (C=O) groups excluding carboxylic acids is 1. The van der Waals surface area contributed by atoms with Crippen LogP contribution >= 0.6 is 11.6 Å². The maximum Gasteiger partial charge on any atom is 0.267 e. The average molecular weight is 286 g/mol. The van der Waals surface area contributed by atoms with Gasteiger partial charge in [0.2, 0.25) is 0 Å². The van der Waals surface area contributed by atoms with E-state index in [0.717, 1.165) is 25.7 Å². The molecule has 1 aliphatic carbocycles. The van der Waals surface area contributed by atoms with E-state index in [1.807, 2.05) is 0 Å². The fourth-order valence-corrected chi connectivity index (χ4v) is 2.40. The van der Waals surface area contributed by atoms with Crippen molar-refractivity contribution in [2.24, 2.45) is 5.73 Å². The first-order chi connectivity index (χ1) is 9.15. The molecule has 1 aromatic heterocycles. The first kappa shape index (κ1) is 14.4. The summed E-state index contributed by atoms with van der Waals surface area (Å²) in [6, 6.07) is 1.93. The predicted octanol–water partition coefficient (Wildman–Crippen LogP) is 1.68. The number of halogens is 1. The normalized spacial score (nSPS) is 23.3. The Balaban J connectivity index is 1.60. The molecule has 0 unspecified atom stereocenters. The zero-order valence-electron chi connectivity index (χ0n) is 10.8. The lowest BCUT2D eigenvalue weighted by Crippen LogP contribution is -2.33. The van der Waals surface area contributed by atoms with Crippen LogP contribution in [0.3, 0.4) is 0 Å². The van der Waals surface area contributed by atoms with E-state index in [0.29, 0.717) is 29.9 Å². The second kappa shape index (κ2) is 6.93. The van der Waals surface area contributed by atoms with Crippen molar-refractivity contribution in [3.63, 3.8) is 0 Å². The maximum atomic E-state index is 11.7. The minimum absolute atomic E-state index is 0.166. The highest BCUT2D eigenvalue weighted by Crippen LogP contribution is 2.19. The van der Waals surface area contributed by atoms with E-state index >= 15 is 0 Å². The average Bonchev–Trinajstić information content (AvgIpc) is 2.83. The predicted molar refractivity (Wildman–Crippen MR) is 74.3 cm³/mol. The zero-order chi connectivity index (χ0) is 13.7. The fraction of sp³-hybridized carbons (Fsp3) is 0.615. The molecule has 0 atom stereocenters. The largest absolute Gasteiger partial charge is 0.376 e. The fourth-order valence-electron chi connectivity index (χ4n) is 2.24. The number of ether oxygens (including phenoxy) is 1. The lowest BCUT2D eigenvalue weighted by atomic mass is 9.94. The Hall–Kier alpha value is -1.04. The molecule has 0 aromatic carbocycles. The highest BCUT2D eigenvalue weighted by molar-refractivity contribution is 6.30. The Morgan fingerprint density at radius 2 is 2.21 bits per heavy atom. The van der Waals surface area contributed by atoms with Crippen LogP contribution in [-0.2, 0) is 4.74 Å². The summed E-state index contributed by atoms with van der Waals surface area (Å²) in [7, 11) is 0. The Labute approximate surface area is 117 Å². The van der Waals surface area contributed by atoms with Crippen molar-refractivity contribution in [2.75, 3.05) is 13.2 Å². The van der Waals surface area contributed by atoms with Gasteiger partial charge >= 0.3 is 0 Å². The standard InChI is InChI=1S/C13H20ClN3O2/c14-9-7-12(17-8-9)13(18)16-5-6-19-11-3-1-10(15)2-4-11/h7-8,10-11,17H,1-6,15H2,(H,16,18). The van der Waals surface area contributed by atoms with Gasteiger partial charge in [-0.05, 0) is 31.7 Å². The third-order valence-corrected chi connectivity index (χ3v) is 3.57. The van der Waals surface area contributed by atoms with Gasteiger partial charge in [0.1, 0.15) is 5.69 Å². The Morgan fingerprint density at radius 1 is 1.47 bits per heavy atom. The molecule has 0 radical (unpaired) electrons. The third kappa shape index (κ3) is 4.53. The number of rotatable bonds is 5. The van der Waals surface area contributed by atoms with Crippen molar-refractivity contribution in [1.82, 2.24) is 10.3 Å². The SMILES string of the molecule is NC1CCC(OCCNC(=O)c2cc(Cl)c[nH]2)CC1. The molecule has 1 fully saturated rings. The Kier molecular flexibility index (Phi) is 5.24. The van der Waals surface area contributed by atoms with Gasteiger partial charge in [0, 0.05) is 18.8 Å². The lowest BCUT2D eigenvalue weighted by molar-refractivity contribution is 0.0267. The molecule has 19 heavy (non-hydrogen) atoms. The lowest BCUT2D eigenvalue weighted by Gasteiger charge is -2.26. The summed E-state index contributed by atoms with van der Waals surface area (Å²) in [5, 5.41) is 3.31. The molecule has 2 rings (SSSR count). The molecular weight excluding hydrogens is 266 g/mol. The quantitative estimate of drug-likeness (QED) is 0.720. The van der Waals surface area contributed by atoms with Crippen molar-refractivity contribution < 1.29 is 9.53 Å². The van der Waals surface area contributed by atoms with Gasteiger partial charge in [-0.15, -0.1) is 0 Å². The van der Waals surface area contributed by atoms with Gasteiger partial charge in [0.15, 0.2) is 0 Å². The first-order valence-electron chi connectivity index (χ1n) is 6.64. The molecule has 1 aromatic rings. The number of aromatic nitrogens is 1. The van der Waals surface area contributed by atoms with Crippen molar-refractivity contribution in [1.29, 1.82) is 0 Å². The van der Waals surface area contributed by atoms with Gasteiger partial charge < -0.3 is 20.8 Å². The zero-order valence-corrected chi connectivity index (χ0v) is 11.6. The summed E-state index contributed by atoms with van der Waals surface area (Å²) in [4.78, 5) is 14.5. The van der Waals surface area contributed by atoms with Crippen LogP contribution in [0, 0.1) is 0 Å². The molecule has 0 bridgehead atoms. The van der Waals surface area contributed by atoms with E-state index in [1.165, 1.54) is 0 Å². The number of nitrogens with two attached hydrogens (primary N) is 1. The van der Waals surface area contributed by atoms with E-state index in [2.05, 4.69) is 10.3 Å². The van der Waals surface area contributed by atoms with Gasteiger partial charge in [-0.2, -0.15) is 0 Å². The summed E-state index contributed by atoms with van der Waals surface area (Å²) >= 11 is 5.73. The number of H-pyrrole nitrogens is 1. The van der Waals surface area contributed by atoms with E-state index in [9.17, 15) is 4.79 Å². The maximum absolute atomic E-state index is 11.7. The van der Waals surface area contributed by atoms with E-state index in [1.54, 1.807) is 12.3 Å². The summed E-state index contributed by atoms with van der Waals surface area (Å²) in [6.07, 6.45) is 5.95. The van der Waals surface area contributed by atoms with Gasteiger partial charge in [0.05, 0.1) is 17.7 Å². The number of aromatic amines is 1. The Morgan fingerprint density at radius 3 is 2.84 bits per heavy atom. The van der Waals surface area contributed by atoms with Crippen molar-refractivity contribution in [3.05, 3.63) is 23.0 Å². The number of nitrogens with one attached hydrogen (secondary N) is 2. The van der Waals surface area contributed by atoms with Gasteiger partial charge in [-0.1, -0.05) is 11.6 Å². The monoisotopic (exact) mass is 285 g/mol. The van der Waals surface area contributed by atoms with Gasteiger partial charge in [0.25, 0.3) is 5.91 Å². The van der Waals surface area contributed by atoms with Crippen LogP contribution in [0.4, 0.5) is 0 Å². The highest BCUT2D eigenvalue weighted by atomic mass is 35.5. The molecule has 4 N–H and O–H groups in total. The molecule has 1 aliphatic rings. The molecule has 5 nitrogen and oxygen atoms in total. The number of amides is 1. The van der Waals surface area contributed by atoms with Crippen LogP contribution in [-0.4, -0.2) is 36.2 Å². The van der Waals surface area contributed by atoms with Crippen LogP contribution in [0.1, 0.15) is 36.2 Å². The Bertz CT molecular complexity index is 414. The summed E-state index contributed by atoms with van der Waals surface area (Å²) in [6.45, 7) is 1.03. The molecule has 1 heterocycles. The minimum Gasteiger partial charge on any atom is -0.376 e. The molecule has 1 saturated carbocycles. The van der Waals surface area contributed by atoms with Crippen molar-refractivity contribution in [2.45, 2.75) is 37.8 Å². The summed E-state index contributed by atoms with van der Waals surface area (Å²) in [5.41, 5.74) is 6.30. The topological polar surface area (TPSA) is 80.1 Å². The van der Waals surface area contributed by atoms with Gasteiger partial charge in [-0.25, -0.2) is 0 Å². The van der Waals surface area contributed by atoms with E-state index in [-0.39, 0.29) is 12.0 Å². The molecule has 106 valence electrons. The van der Waals surface area contributed by atoms with Crippen LogP contribution < -0.4 is 11.1 Å². The van der Waals surface area contributed by atoms with E-state index < -0.39 is 0 Å². The van der Waals surface area contributed by atoms with Crippen LogP contribution in [0.15, 0.2) is 12.3 Å². The second-order valence-electron chi connectivity index (χ2n) is 4.90. The molecule has 0 aliphatic heterocycles. The molecule has 0 saturated heterocycles. The molecule has 6 heteroatoms. The second-order valence-corrected chi connectivity index (χ2v) is 5.33. The van der Waals surface area contributed by atoms with Crippen LogP contribution in [0.2, 0.25) is 5.02 Å². The molecule has 0 spiro atoms. The van der Waals surface area contributed by atoms with Crippen LogP contribution in [0.25, 0.3) is 0 Å². The van der Waals surface area contributed by atoms with Crippen molar-refractivity contribution in [3.8, 4) is 0 Å². The molecular formula is C13H20ClN3O2. The first-order valence-corrected chi connectivity index (χ1v) is 7.02. The van der Waals surface area contributed by atoms with E-state index in [4.69, 9.17) is 22.1 Å². The highest BCUT2D eigenvalue weighted by Gasteiger charge is 2.18. The van der Waals surface area contributed by atoms with Crippen molar-refractivity contribution >= 4 is 17.5 Å².